The van der Waals surface area contributed by atoms with E-state index in [0.29, 0.717) is 0 Å². The van der Waals surface area contributed by atoms with Gasteiger partial charge in [-0.3, -0.25) is 9.88 Å². The van der Waals surface area contributed by atoms with Crippen LogP contribution in [0.2, 0.25) is 0 Å². The molecule has 1 fully saturated rings. The van der Waals surface area contributed by atoms with E-state index in [2.05, 4.69) is 28.2 Å². The summed E-state index contributed by atoms with van der Waals surface area (Å²) in [5, 5.41) is 3.06. The highest BCUT2D eigenvalue weighted by molar-refractivity contribution is 5.90. The Morgan fingerprint density at radius 3 is 2.50 bits per heavy atom. The van der Waals surface area contributed by atoms with Crippen LogP contribution in [-0.4, -0.2) is 47.0 Å². The predicted molar refractivity (Wildman–Crippen MR) is 95.9 cm³/mol. The molecule has 0 radical (unpaired) electrons. The molecule has 5 nitrogen and oxygen atoms in total. The van der Waals surface area contributed by atoms with Crippen LogP contribution in [0.5, 0.6) is 0 Å². The fourth-order valence-corrected chi connectivity index (χ4v) is 3.00. The highest BCUT2D eigenvalue weighted by atomic mass is 16.2. The largest absolute Gasteiger partial charge is 0.322 e. The fourth-order valence-electron chi connectivity index (χ4n) is 3.00. The van der Waals surface area contributed by atoms with Crippen LogP contribution in [-0.2, 0) is 13.0 Å². The number of piperazine rings is 1. The molecule has 0 atom stereocenters. The van der Waals surface area contributed by atoms with Crippen LogP contribution < -0.4 is 5.32 Å². The van der Waals surface area contributed by atoms with Crippen molar-refractivity contribution in [3.8, 4) is 0 Å². The van der Waals surface area contributed by atoms with Gasteiger partial charge >= 0.3 is 6.03 Å². The van der Waals surface area contributed by atoms with Gasteiger partial charge in [0.25, 0.3) is 0 Å². The molecule has 2 aromatic rings. The minimum Gasteiger partial charge on any atom is -0.322 e. The number of pyridine rings is 1. The van der Waals surface area contributed by atoms with Crippen molar-refractivity contribution in [1.82, 2.24) is 14.8 Å². The summed E-state index contributed by atoms with van der Waals surface area (Å²) in [6.07, 6.45) is 4.56. The number of para-hydroxylation sites is 1. The summed E-state index contributed by atoms with van der Waals surface area (Å²) in [5.41, 5.74) is 3.35. The number of carbonyl (C=O) groups is 1. The average molecular weight is 324 g/mol. The Morgan fingerprint density at radius 2 is 1.79 bits per heavy atom. The Morgan fingerprint density at radius 1 is 1.08 bits per heavy atom. The summed E-state index contributed by atoms with van der Waals surface area (Å²) >= 11 is 0. The van der Waals surface area contributed by atoms with Gasteiger partial charge in [0.05, 0.1) is 0 Å². The van der Waals surface area contributed by atoms with Gasteiger partial charge in [-0.2, -0.15) is 0 Å². The van der Waals surface area contributed by atoms with E-state index in [4.69, 9.17) is 0 Å². The molecule has 1 aromatic heterocycles. The van der Waals surface area contributed by atoms with Gasteiger partial charge in [-0.05, 0) is 35.7 Å². The van der Waals surface area contributed by atoms with Crippen LogP contribution >= 0.6 is 0 Å². The summed E-state index contributed by atoms with van der Waals surface area (Å²) in [6.45, 7) is 6.31. The zero-order chi connectivity index (χ0) is 16.8. The van der Waals surface area contributed by atoms with Gasteiger partial charge in [0.1, 0.15) is 0 Å². The third-order valence-electron chi connectivity index (χ3n) is 4.45. The first kappa shape index (κ1) is 16.5. The molecule has 1 N–H and O–H groups in total. The maximum atomic E-state index is 12.5. The highest BCUT2D eigenvalue weighted by Crippen LogP contribution is 2.16. The number of aromatic nitrogens is 1. The maximum absolute atomic E-state index is 12.5. The Hall–Kier alpha value is -2.40. The second-order valence-corrected chi connectivity index (χ2v) is 6.06. The lowest BCUT2D eigenvalue weighted by Crippen LogP contribution is -2.49. The molecule has 5 heteroatoms. The van der Waals surface area contributed by atoms with Gasteiger partial charge in [0.15, 0.2) is 0 Å². The van der Waals surface area contributed by atoms with Crippen molar-refractivity contribution in [2.24, 2.45) is 0 Å². The Balaban J connectivity index is 1.52. The second-order valence-electron chi connectivity index (χ2n) is 6.06. The quantitative estimate of drug-likeness (QED) is 0.940. The van der Waals surface area contributed by atoms with Gasteiger partial charge < -0.3 is 10.2 Å². The molecule has 1 aromatic carbocycles. The molecule has 0 unspecified atom stereocenters. The molecule has 1 aliphatic rings. The van der Waals surface area contributed by atoms with Crippen molar-refractivity contribution >= 4 is 11.7 Å². The number of benzene rings is 1. The highest BCUT2D eigenvalue weighted by Gasteiger charge is 2.21. The lowest BCUT2D eigenvalue weighted by Gasteiger charge is -2.34. The molecule has 0 spiro atoms. The van der Waals surface area contributed by atoms with Gasteiger partial charge in [-0.25, -0.2) is 4.79 Å². The van der Waals surface area contributed by atoms with Crippen molar-refractivity contribution in [2.45, 2.75) is 19.9 Å². The normalized spacial score (nSPS) is 15.3. The molecule has 1 saturated heterocycles. The van der Waals surface area contributed by atoms with E-state index in [9.17, 15) is 4.79 Å². The van der Waals surface area contributed by atoms with E-state index >= 15 is 0 Å². The number of urea groups is 1. The summed E-state index contributed by atoms with van der Waals surface area (Å²) in [4.78, 5) is 20.8. The molecule has 2 heterocycles. The molecule has 0 aliphatic carbocycles. The SMILES string of the molecule is CCc1ccccc1NC(=O)N1CCN(Cc2ccncc2)CC1. The lowest BCUT2D eigenvalue weighted by atomic mass is 10.1. The first-order valence-corrected chi connectivity index (χ1v) is 8.51. The van der Waals surface area contributed by atoms with Crippen molar-refractivity contribution in [2.75, 3.05) is 31.5 Å². The van der Waals surface area contributed by atoms with Gasteiger partial charge in [0, 0.05) is 50.8 Å². The molecule has 24 heavy (non-hydrogen) atoms. The van der Waals surface area contributed by atoms with Crippen molar-refractivity contribution in [1.29, 1.82) is 0 Å². The molecule has 3 rings (SSSR count). The minimum absolute atomic E-state index is 0.000499. The molecule has 0 saturated carbocycles. The summed E-state index contributed by atoms with van der Waals surface area (Å²) in [6, 6.07) is 12.1. The first-order valence-electron chi connectivity index (χ1n) is 8.51. The van der Waals surface area contributed by atoms with Crippen LogP contribution in [0.4, 0.5) is 10.5 Å². The van der Waals surface area contributed by atoms with E-state index < -0.39 is 0 Å². The molecule has 126 valence electrons. The third kappa shape index (κ3) is 4.11. The molecule has 2 amide bonds. The number of hydrogen-bond acceptors (Lipinski definition) is 3. The lowest BCUT2D eigenvalue weighted by molar-refractivity contribution is 0.143. The first-order chi connectivity index (χ1) is 11.8. The predicted octanol–water partition coefficient (Wildman–Crippen LogP) is 2.99. The summed E-state index contributed by atoms with van der Waals surface area (Å²) in [5.74, 6) is 0. The van der Waals surface area contributed by atoms with E-state index in [-0.39, 0.29) is 6.03 Å². The van der Waals surface area contributed by atoms with E-state index in [0.717, 1.165) is 44.8 Å². The second kappa shape index (κ2) is 7.93. The van der Waals surface area contributed by atoms with Crippen LogP contribution in [0, 0.1) is 0 Å². The summed E-state index contributed by atoms with van der Waals surface area (Å²) in [7, 11) is 0. The van der Waals surface area contributed by atoms with E-state index in [1.54, 1.807) is 0 Å². The maximum Gasteiger partial charge on any atom is 0.321 e. The zero-order valence-electron chi connectivity index (χ0n) is 14.1. The van der Waals surface area contributed by atoms with Crippen LogP contribution in [0.25, 0.3) is 0 Å². The van der Waals surface area contributed by atoms with E-state index in [1.807, 2.05) is 47.6 Å². The van der Waals surface area contributed by atoms with Crippen molar-refractivity contribution < 1.29 is 4.79 Å². The van der Waals surface area contributed by atoms with Crippen LogP contribution in [0.1, 0.15) is 18.1 Å². The third-order valence-corrected chi connectivity index (χ3v) is 4.45. The number of aryl methyl sites for hydroxylation is 1. The molecule has 1 aliphatic heterocycles. The Bertz CT molecular complexity index is 666. The van der Waals surface area contributed by atoms with Crippen molar-refractivity contribution in [3.05, 3.63) is 59.9 Å². The standard InChI is InChI=1S/C19H24N4O/c1-2-17-5-3-4-6-18(17)21-19(24)23-13-11-22(12-14-23)15-16-7-9-20-10-8-16/h3-10H,2,11-15H2,1H3,(H,21,24). The number of anilines is 1. The van der Waals surface area contributed by atoms with Crippen LogP contribution in [0.15, 0.2) is 48.8 Å². The number of carbonyl (C=O) groups excluding carboxylic acids is 1. The van der Waals surface area contributed by atoms with Gasteiger partial charge in [-0.1, -0.05) is 25.1 Å². The number of nitrogens with one attached hydrogen (secondary N) is 1. The molecular formula is C19H24N4O. The number of amides is 2. The fraction of sp³-hybridized carbons (Fsp3) is 0.368. The van der Waals surface area contributed by atoms with Crippen molar-refractivity contribution in [3.63, 3.8) is 0 Å². The zero-order valence-corrected chi connectivity index (χ0v) is 14.1. The van der Waals surface area contributed by atoms with Gasteiger partial charge in [-0.15, -0.1) is 0 Å². The smallest absolute Gasteiger partial charge is 0.321 e. The topological polar surface area (TPSA) is 48.5 Å². The van der Waals surface area contributed by atoms with Crippen LogP contribution in [0.3, 0.4) is 0 Å². The number of hydrogen-bond donors (Lipinski definition) is 1. The minimum atomic E-state index is -0.000499. The molecule has 0 bridgehead atoms. The van der Waals surface area contributed by atoms with Gasteiger partial charge in [0.2, 0.25) is 0 Å². The number of rotatable bonds is 4. The molecular weight excluding hydrogens is 300 g/mol. The monoisotopic (exact) mass is 324 g/mol. The van der Waals surface area contributed by atoms with E-state index in [1.165, 1.54) is 11.1 Å². The summed E-state index contributed by atoms with van der Waals surface area (Å²) < 4.78 is 0. The average Bonchev–Trinajstić information content (AvgIpc) is 2.63. The Kier molecular flexibility index (Phi) is 5.43. The Labute approximate surface area is 143 Å². The number of nitrogens with zero attached hydrogens (tertiary/aromatic N) is 3.